The number of anilines is 1. The molecule has 0 saturated heterocycles. The van der Waals surface area contributed by atoms with Crippen molar-refractivity contribution in [2.24, 2.45) is 11.8 Å². The molecule has 4 N–H and O–H groups in total. The van der Waals surface area contributed by atoms with E-state index in [1.807, 2.05) is 0 Å². The summed E-state index contributed by atoms with van der Waals surface area (Å²) in [5.74, 6) is -0.449. The summed E-state index contributed by atoms with van der Waals surface area (Å²) in [5.41, 5.74) is 6.77. The lowest BCUT2D eigenvalue weighted by Crippen LogP contribution is -2.43. The van der Waals surface area contributed by atoms with Crippen LogP contribution in [0.2, 0.25) is 10.0 Å². The predicted octanol–water partition coefficient (Wildman–Crippen LogP) is 5.28. The van der Waals surface area contributed by atoms with Gasteiger partial charge in [-0.25, -0.2) is 24.1 Å². The van der Waals surface area contributed by atoms with E-state index in [0.29, 0.717) is 27.6 Å². The average molecular weight is 630 g/mol. The average Bonchev–Trinajstić information content (AvgIpc) is 3.31. The highest BCUT2D eigenvalue weighted by Gasteiger charge is 2.45. The number of hydrogen-bond donors (Lipinski definition) is 3. The van der Waals surface area contributed by atoms with E-state index in [9.17, 15) is 18.9 Å². The van der Waals surface area contributed by atoms with Crippen LogP contribution in [0, 0.1) is 11.8 Å². The first-order chi connectivity index (χ1) is 19.0. The van der Waals surface area contributed by atoms with Crippen LogP contribution in [0.3, 0.4) is 0 Å². The summed E-state index contributed by atoms with van der Waals surface area (Å²) in [5, 5.41) is 0.865. The van der Waals surface area contributed by atoms with Crippen LogP contribution in [0.4, 0.5) is 5.82 Å². The number of hydrogen-bond acceptors (Lipinski definition) is 10. The number of phosphoric ester groups is 2. The highest BCUT2D eigenvalue weighted by Crippen LogP contribution is 2.52. The Morgan fingerprint density at radius 3 is 2.00 bits per heavy atom. The Bertz CT molecular complexity index is 1590. The van der Waals surface area contributed by atoms with Gasteiger partial charge in [-0.05, 0) is 60.9 Å². The third-order valence-electron chi connectivity index (χ3n) is 6.34. The van der Waals surface area contributed by atoms with Crippen LogP contribution in [-0.2, 0) is 18.2 Å². The van der Waals surface area contributed by atoms with Crippen molar-refractivity contribution in [1.82, 2.24) is 19.5 Å². The zero-order valence-corrected chi connectivity index (χ0v) is 23.8. The van der Waals surface area contributed by atoms with Gasteiger partial charge in [0.2, 0.25) is 0 Å². The van der Waals surface area contributed by atoms with E-state index in [1.165, 1.54) is 61.2 Å². The van der Waals surface area contributed by atoms with Crippen molar-refractivity contribution in [3.63, 3.8) is 0 Å². The number of phosphoric acid groups is 2. The van der Waals surface area contributed by atoms with Gasteiger partial charge < -0.3 is 19.3 Å². The van der Waals surface area contributed by atoms with Gasteiger partial charge in [0.1, 0.15) is 23.3 Å². The van der Waals surface area contributed by atoms with E-state index in [1.54, 1.807) is 4.57 Å². The van der Waals surface area contributed by atoms with Gasteiger partial charge in [-0.1, -0.05) is 23.2 Å². The molecule has 17 heteroatoms. The maximum atomic E-state index is 12.7. The Morgan fingerprint density at radius 1 is 0.875 bits per heavy atom. The van der Waals surface area contributed by atoms with Gasteiger partial charge in [-0.15, -0.1) is 0 Å². The van der Waals surface area contributed by atoms with E-state index < -0.39 is 21.6 Å². The van der Waals surface area contributed by atoms with Crippen LogP contribution in [0.25, 0.3) is 11.2 Å². The number of imidazole rings is 1. The normalized spacial score (nSPS) is 21.8. The Balaban J connectivity index is 1.30. The van der Waals surface area contributed by atoms with Crippen LogP contribution in [-0.4, -0.2) is 42.5 Å². The number of nitrogens with two attached hydrogens (primary N) is 1. The first kappa shape index (κ1) is 28.8. The Morgan fingerprint density at radius 2 is 1.43 bits per heavy atom. The second-order valence-corrected chi connectivity index (χ2v) is 12.6. The molecule has 2 aromatic carbocycles. The molecule has 5 rings (SSSR count). The van der Waals surface area contributed by atoms with E-state index in [0.717, 1.165) is 0 Å². The number of rotatable bonds is 11. The highest BCUT2D eigenvalue weighted by atomic mass is 35.5. The molecule has 1 fully saturated rings. The summed E-state index contributed by atoms with van der Waals surface area (Å²) in [7, 11) is -9.04. The van der Waals surface area contributed by atoms with Gasteiger partial charge in [0, 0.05) is 22.0 Å². The largest absolute Gasteiger partial charge is 0.527 e. The topological polar surface area (TPSA) is 181 Å². The number of nitrogen functional groups attached to an aromatic ring is 1. The molecule has 5 atom stereocenters. The van der Waals surface area contributed by atoms with Gasteiger partial charge in [0.25, 0.3) is 0 Å². The summed E-state index contributed by atoms with van der Waals surface area (Å²) < 4.78 is 47.9. The first-order valence-corrected chi connectivity index (χ1v) is 15.5. The van der Waals surface area contributed by atoms with Gasteiger partial charge in [-0.2, -0.15) is 0 Å². The van der Waals surface area contributed by atoms with Crippen molar-refractivity contribution in [1.29, 1.82) is 0 Å². The summed E-state index contributed by atoms with van der Waals surface area (Å²) in [6.07, 6.45) is 3.28. The molecule has 2 heterocycles. The minimum atomic E-state index is -4.54. The molecular formula is C23H23Cl2N5O8P2. The zero-order chi connectivity index (χ0) is 28.5. The molecule has 4 aromatic rings. The quantitative estimate of drug-likeness (QED) is 0.183. The maximum absolute atomic E-state index is 12.7. The molecule has 1 aliphatic rings. The minimum Gasteiger partial charge on any atom is -0.404 e. The highest BCUT2D eigenvalue weighted by molar-refractivity contribution is 7.48. The minimum absolute atomic E-state index is 0.0913. The monoisotopic (exact) mass is 629 g/mol. The molecule has 13 nitrogen and oxygen atoms in total. The maximum Gasteiger partial charge on any atom is 0.527 e. The predicted molar refractivity (Wildman–Crippen MR) is 146 cm³/mol. The van der Waals surface area contributed by atoms with Crippen molar-refractivity contribution >= 4 is 55.8 Å². The van der Waals surface area contributed by atoms with Crippen molar-refractivity contribution in [2.75, 3.05) is 18.9 Å². The second-order valence-electron chi connectivity index (χ2n) is 8.93. The van der Waals surface area contributed by atoms with Gasteiger partial charge >= 0.3 is 15.6 Å². The lowest BCUT2D eigenvalue weighted by Gasteiger charge is -2.45. The van der Waals surface area contributed by atoms with Crippen LogP contribution in [0.15, 0.2) is 61.2 Å². The van der Waals surface area contributed by atoms with Gasteiger partial charge in [-0.3, -0.25) is 18.8 Å². The molecule has 0 bridgehead atoms. The number of aromatic nitrogens is 4. The van der Waals surface area contributed by atoms with E-state index >= 15 is 0 Å². The third kappa shape index (κ3) is 6.76. The van der Waals surface area contributed by atoms with E-state index in [2.05, 4.69) is 15.0 Å². The van der Waals surface area contributed by atoms with Crippen molar-refractivity contribution in [2.45, 2.75) is 12.5 Å². The van der Waals surface area contributed by atoms with Crippen LogP contribution in [0.5, 0.6) is 11.5 Å². The number of benzene rings is 2. The molecule has 1 saturated carbocycles. The lowest BCUT2D eigenvalue weighted by molar-refractivity contribution is -0.00444. The molecule has 2 unspecified atom stereocenters. The fourth-order valence-corrected chi connectivity index (χ4v) is 6.20. The zero-order valence-electron chi connectivity index (χ0n) is 20.5. The SMILES string of the molecule is Nc1ncnc2c1ncn2[C@@H]1C[C@H](COP(=O)(O)Oc2ccc(Cl)cc2)[C@@H]1COP(=O)(O)Oc1ccc(Cl)cc1. The molecular weight excluding hydrogens is 607 g/mol. The number of nitrogens with zero attached hydrogens (tertiary/aromatic N) is 4. The fraction of sp³-hybridized carbons (Fsp3) is 0.261. The summed E-state index contributed by atoms with van der Waals surface area (Å²) >= 11 is 11.7. The lowest BCUT2D eigenvalue weighted by atomic mass is 9.70. The Labute approximate surface area is 238 Å². The molecule has 1 aliphatic carbocycles. The fourth-order valence-electron chi connectivity index (χ4n) is 4.33. The summed E-state index contributed by atoms with van der Waals surface area (Å²) in [4.78, 5) is 33.1. The Kier molecular flexibility index (Phi) is 8.37. The van der Waals surface area contributed by atoms with Crippen LogP contribution >= 0.6 is 38.8 Å². The van der Waals surface area contributed by atoms with E-state index in [4.69, 9.17) is 47.0 Å². The second kappa shape index (κ2) is 11.6. The number of halogens is 2. The molecule has 212 valence electrons. The molecule has 40 heavy (non-hydrogen) atoms. The van der Waals surface area contributed by atoms with Crippen molar-refractivity contribution in [3.05, 3.63) is 71.2 Å². The van der Waals surface area contributed by atoms with Crippen LogP contribution in [0.1, 0.15) is 12.5 Å². The summed E-state index contributed by atoms with van der Waals surface area (Å²) in [6.45, 7) is -0.461. The number of fused-ring (bicyclic) bond motifs is 1. The molecule has 2 aromatic heterocycles. The van der Waals surface area contributed by atoms with Crippen LogP contribution < -0.4 is 14.8 Å². The van der Waals surface area contributed by atoms with Crippen molar-refractivity contribution in [3.8, 4) is 11.5 Å². The third-order valence-corrected chi connectivity index (χ3v) is 8.68. The van der Waals surface area contributed by atoms with Gasteiger partial charge in [0.15, 0.2) is 11.5 Å². The Hall–Kier alpha value is -2.73. The molecule has 0 spiro atoms. The molecule has 0 radical (unpaired) electrons. The molecule has 0 amide bonds. The van der Waals surface area contributed by atoms with Crippen molar-refractivity contribution < 1.29 is 37.0 Å². The summed E-state index contributed by atoms with van der Waals surface area (Å²) in [6, 6.07) is 11.4. The first-order valence-electron chi connectivity index (χ1n) is 11.8. The smallest absolute Gasteiger partial charge is 0.404 e. The standard InChI is InChI=1S/C23H23Cl2N5O8P2/c24-15-1-5-17(6-2-15)37-39(31,32)35-10-14-9-20(30-13-29-21-22(26)27-12-28-23(21)30)19(14)11-36-40(33,34)38-18-7-3-16(25)4-8-18/h1-8,12-14,19-20H,9-11H2,(H,31,32)(H,33,34)(H2,26,27,28)/t14-,19+,20-/m1/s1. The van der Waals surface area contributed by atoms with E-state index in [-0.39, 0.29) is 42.5 Å². The van der Waals surface area contributed by atoms with Gasteiger partial charge in [0.05, 0.1) is 19.5 Å². The molecule has 0 aliphatic heterocycles.